The van der Waals surface area contributed by atoms with Gasteiger partial charge in [-0.05, 0) is 37.5 Å². The maximum atomic E-state index is 12.9. The first-order valence-corrected chi connectivity index (χ1v) is 11.5. The van der Waals surface area contributed by atoms with E-state index in [1.807, 2.05) is 50.5 Å². The van der Waals surface area contributed by atoms with Gasteiger partial charge in [-0.25, -0.2) is 0 Å². The topological polar surface area (TPSA) is 103 Å². The van der Waals surface area contributed by atoms with Crippen LogP contribution in [-0.4, -0.2) is 25.6 Å². The number of carbonyl (C=O) groups is 1. The van der Waals surface area contributed by atoms with Crippen LogP contribution in [-0.2, 0) is 12.3 Å². The van der Waals surface area contributed by atoms with Crippen molar-refractivity contribution in [2.75, 3.05) is 0 Å². The molecule has 1 N–H and O–H groups in total. The normalized spacial score (nSPS) is 12.0. The van der Waals surface area contributed by atoms with Crippen LogP contribution < -0.4 is 5.32 Å². The van der Waals surface area contributed by atoms with Crippen molar-refractivity contribution in [3.05, 3.63) is 81.2 Å². The summed E-state index contributed by atoms with van der Waals surface area (Å²) in [7, 11) is 0. The number of non-ortho nitro benzene ring substituents is 1. The Labute approximate surface area is 191 Å². The van der Waals surface area contributed by atoms with Crippen LogP contribution in [0.3, 0.4) is 0 Å². The van der Waals surface area contributed by atoms with E-state index in [1.54, 1.807) is 18.2 Å². The summed E-state index contributed by atoms with van der Waals surface area (Å²) in [6, 6.07) is 13.7. The predicted octanol–water partition coefficient (Wildman–Crippen LogP) is 4.93. The van der Waals surface area contributed by atoms with Gasteiger partial charge in [-0.3, -0.25) is 14.9 Å². The van der Waals surface area contributed by atoms with Crippen molar-refractivity contribution in [1.29, 1.82) is 0 Å². The minimum absolute atomic E-state index is 0.0712. The third kappa shape index (κ3) is 5.53. The summed E-state index contributed by atoms with van der Waals surface area (Å²) in [6.45, 7) is 8.72. The van der Waals surface area contributed by atoms with Gasteiger partial charge in [0.15, 0.2) is 11.0 Å². The third-order valence-corrected chi connectivity index (χ3v) is 6.13. The number of rotatable bonds is 9. The number of nitro benzene ring substituents is 1. The van der Waals surface area contributed by atoms with Gasteiger partial charge in [0.1, 0.15) is 0 Å². The number of nitrogens with one attached hydrogen (secondary N) is 1. The summed E-state index contributed by atoms with van der Waals surface area (Å²) < 4.78 is 2.01. The summed E-state index contributed by atoms with van der Waals surface area (Å²) in [6.07, 6.45) is 0. The summed E-state index contributed by atoms with van der Waals surface area (Å²) in [5.74, 6) is 1.30. The molecule has 168 valence electrons. The smallest absolute Gasteiger partial charge is 0.269 e. The molecule has 1 atom stereocenters. The molecule has 0 bridgehead atoms. The van der Waals surface area contributed by atoms with Crippen molar-refractivity contribution in [3.63, 3.8) is 0 Å². The molecule has 1 amide bonds. The highest BCUT2D eigenvalue weighted by Gasteiger charge is 2.26. The molecule has 8 nitrogen and oxygen atoms in total. The van der Waals surface area contributed by atoms with Crippen LogP contribution in [0.25, 0.3) is 0 Å². The molecule has 3 aromatic rings. The largest absolute Gasteiger partial charge is 0.342 e. The Morgan fingerprint density at radius 2 is 1.91 bits per heavy atom. The summed E-state index contributed by atoms with van der Waals surface area (Å²) in [5, 5.41) is 23.5. The summed E-state index contributed by atoms with van der Waals surface area (Å²) >= 11 is 1.51. The van der Waals surface area contributed by atoms with Gasteiger partial charge in [-0.1, -0.05) is 55.4 Å². The standard InChI is InChI=1S/C23H27N5O3S/c1-5-27-21(20(15(2)3)24-22(29)18-8-6-7-16(4)13-18)25-26-23(27)32-14-17-9-11-19(12-10-17)28(30)31/h6-13,15,20H,5,14H2,1-4H3,(H,24,29)/t20-/m0/s1. The molecule has 1 aromatic heterocycles. The molecule has 1 heterocycles. The number of hydrogen-bond donors (Lipinski definition) is 1. The molecule has 3 rings (SSSR count). The lowest BCUT2D eigenvalue weighted by molar-refractivity contribution is -0.384. The average molecular weight is 454 g/mol. The van der Waals surface area contributed by atoms with E-state index in [1.165, 1.54) is 23.9 Å². The van der Waals surface area contributed by atoms with E-state index in [2.05, 4.69) is 15.5 Å². The van der Waals surface area contributed by atoms with Crippen molar-refractivity contribution in [1.82, 2.24) is 20.1 Å². The molecule has 0 aliphatic heterocycles. The molecule has 0 saturated carbocycles. The Morgan fingerprint density at radius 3 is 2.50 bits per heavy atom. The minimum atomic E-state index is -0.409. The fourth-order valence-corrected chi connectivity index (χ4v) is 4.30. The second-order valence-corrected chi connectivity index (χ2v) is 8.80. The molecule has 0 fully saturated rings. The molecule has 0 unspecified atom stereocenters. The van der Waals surface area contributed by atoms with E-state index >= 15 is 0 Å². The number of thioether (sulfide) groups is 1. The molecule has 0 radical (unpaired) electrons. The van der Waals surface area contributed by atoms with E-state index in [-0.39, 0.29) is 23.6 Å². The van der Waals surface area contributed by atoms with Crippen molar-refractivity contribution in [2.24, 2.45) is 5.92 Å². The fourth-order valence-electron chi connectivity index (χ4n) is 3.34. The molecule has 32 heavy (non-hydrogen) atoms. The number of benzene rings is 2. The average Bonchev–Trinajstić information content (AvgIpc) is 3.18. The fraction of sp³-hybridized carbons (Fsp3) is 0.348. The molecule has 0 aliphatic carbocycles. The number of nitro groups is 1. The van der Waals surface area contributed by atoms with Crippen LogP contribution in [0, 0.1) is 23.0 Å². The van der Waals surface area contributed by atoms with Crippen molar-refractivity contribution >= 4 is 23.4 Å². The van der Waals surface area contributed by atoms with E-state index in [0.717, 1.165) is 22.1 Å². The summed E-state index contributed by atoms with van der Waals surface area (Å²) in [4.78, 5) is 23.3. The van der Waals surface area contributed by atoms with Gasteiger partial charge in [0.2, 0.25) is 0 Å². The quantitative estimate of drug-likeness (QED) is 0.280. The van der Waals surface area contributed by atoms with E-state index in [9.17, 15) is 14.9 Å². The third-order valence-electron chi connectivity index (χ3n) is 5.09. The van der Waals surface area contributed by atoms with Crippen molar-refractivity contribution < 1.29 is 9.72 Å². The van der Waals surface area contributed by atoms with Crippen LogP contribution in [0.15, 0.2) is 53.7 Å². The van der Waals surface area contributed by atoms with Gasteiger partial charge in [0, 0.05) is 30.0 Å². The van der Waals surface area contributed by atoms with Gasteiger partial charge in [0.05, 0.1) is 11.0 Å². The molecular weight excluding hydrogens is 426 g/mol. The van der Waals surface area contributed by atoms with Crippen molar-refractivity contribution in [3.8, 4) is 0 Å². The lowest BCUT2D eigenvalue weighted by Gasteiger charge is -2.22. The SMILES string of the molecule is CCn1c(SCc2ccc([N+](=O)[O-])cc2)nnc1[C@@H](NC(=O)c1cccc(C)c1)C(C)C. The molecule has 9 heteroatoms. The molecule has 0 saturated heterocycles. The van der Waals surface area contributed by atoms with Gasteiger partial charge in [0.25, 0.3) is 11.6 Å². The van der Waals surface area contributed by atoms with Crippen LogP contribution in [0.1, 0.15) is 54.1 Å². The Morgan fingerprint density at radius 1 is 1.19 bits per heavy atom. The zero-order chi connectivity index (χ0) is 23.3. The Kier molecular flexibility index (Phi) is 7.63. The zero-order valence-corrected chi connectivity index (χ0v) is 19.4. The summed E-state index contributed by atoms with van der Waals surface area (Å²) in [5.41, 5.74) is 2.68. The number of aromatic nitrogens is 3. The lowest BCUT2D eigenvalue weighted by atomic mass is 10.0. The zero-order valence-electron chi connectivity index (χ0n) is 18.6. The van der Waals surface area contributed by atoms with E-state index in [4.69, 9.17) is 0 Å². The maximum Gasteiger partial charge on any atom is 0.269 e. The number of nitrogens with zero attached hydrogens (tertiary/aromatic N) is 4. The van der Waals surface area contributed by atoms with Gasteiger partial charge in [-0.2, -0.15) is 0 Å². The van der Waals surface area contributed by atoms with Gasteiger partial charge < -0.3 is 9.88 Å². The monoisotopic (exact) mass is 453 g/mol. The second-order valence-electron chi connectivity index (χ2n) is 7.86. The first-order valence-electron chi connectivity index (χ1n) is 10.5. The van der Waals surface area contributed by atoms with E-state index < -0.39 is 4.92 Å². The number of hydrogen-bond acceptors (Lipinski definition) is 6. The van der Waals surface area contributed by atoms with Crippen LogP contribution in [0.5, 0.6) is 0 Å². The number of amides is 1. The van der Waals surface area contributed by atoms with Crippen LogP contribution in [0.2, 0.25) is 0 Å². The minimum Gasteiger partial charge on any atom is -0.342 e. The molecule has 0 aliphatic rings. The Bertz CT molecular complexity index is 1100. The second kappa shape index (κ2) is 10.4. The van der Waals surface area contributed by atoms with Gasteiger partial charge in [-0.15, -0.1) is 10.2 Å². The molecule has 0 spiro atoms. The number of aryl methyl sites for hydroxylation is 1. The molecule has 2 aromatic carbocycles. The first-order chi connectivity index (χ1) is 15.3. The first kappa shape index (κ1) is 23.5. The van der Waals surface area contributed by atoms with Crippen LogP contribution >= 0.6 is 11.8 Å². The highest BCUT2D eigenvalue weighted by atomic mass is 32.2. The Hall–Kier alpha value is -3.20. The molecular formula is C23H27N5O3S. The lowest BCUT2D eigenvalue weighted by Crippen LogP contribution is -2.33. The highest BCUT2D eigenvalue weighted by Crippen LogP contribution is 2.28. The number of carbonyl (C=O) groups excluding carboxylic acids is 1. The predicted molar refractivity (Wildman–Crippen MR) is 125 cm³/mol. The maximum absolute atomic E-state index is 12.9. The van der Waals surface area contributed by atoms with E-state index in [0.29, 0.717) is 17.9 Å². The van der Waals surface area contributed by atoms with Gasteiger partial charge >= 0.3 is 0 Å². The Balaban J connectivity index is 1.77. The highest BCUT2D eigenvalue weighted by molar-refractivity contribution is 7.98. The van der Waals surface area contributed by atoms with Crippen molar-refractivity contribution in [2.45, 2.75) is 51.2 Å². The van der Waals surface area contributed by atoms with Crippen LogP contribution in [0.4, 0.5) is 5.69 Å².